The van der Waals surface area contributed by atoms with E-state index in [-0.39, 0.29) is 86.5 Å². The summed E-state index contributed by atoms with van der Waals surface area (Å²) < 4.78 is 20.9. The van der Waals surface area contributed by atoms with E-state index in [1.54, 1.807) is 0 Å². The second kappa shape index (κ2) is 17.4. The van der Waals surface area contributed by atoms with Gasteiger partial charge in [0, 0.05) is 0 Å². The Balaban J connectivity index is -0.0000000343. The van der Waals surface area contributed by atoms with Crippen LogP contribution in [0.1, 0.15) is 6.42 Å². The first-order valence-electron chi connectivity index (χ1n) is 3.06. The molecule has 20 heavy (non-hydrogen) atoms. The standard InChI is InChI=1S/C3H10NO7P2.2Na.5H2O/c4-2-1-3(5,12(6,7)8)13(9,10)11;;;;;;;/h1-2,4H2,(H2,6,7,8)(H2,9,10,11);;;5*1H2/q-1;2*+1;;;;;/p-1. The minimum Gasteiger partial charge on any atom is -0.834 e. The Labute approximate surface area is 158 Å². The average Bonchev–Trinajstić information content (AvgIpc) is 1.82. The fourth-order valence-electron chi connectivity index (χ4n) is 0.640. The molecule has 0 aliphatic heterocycles. The van der Waals surface area contributed by atoms with Gasteiger partial charge in [-0.25, -0.2) is 0 Å². The molecule has 0 spiro atoms. The van der Waals surface area contributed by atoms with Gasteiger partial charge in [0.25, 0.3) is 0 Å². The minimum absolute atomic E-state index is 0. The van der Waals surface area contributed by atoms with E-state index in [9.17, 15) is 19.1 Å². The van der Waals surface area contributed by atoms with Gasteiger partial charge in [-0.05, 0) is 13.0 Å². The van der Waals surface area contributed by atoms with Crippen molar-refractivity contribution in [1.82, 2.24) is 0 Å². The third-order valence-electron chi connectivity index (χ3n) is 1.37. The maximum Gasteiger partial charge on any atom is 1.00 e. The van der Waals surface area contributed by atoms with Crippen LogP contribution >= 0.6 is 15.2 Å². The smallest absolute Gasteiger partial charge is 0.834 e. The molecule has 120 valence electrons. The summed E-state index contributed by atoms with van der Waals surface area (Å²) in [5.41, 5.74) is 4.79. The maximum atomic E-state index is 11.1. The van der Waals surface area contributed by atoms with Crippen LogP contribution in [0.25, 0.3) is 0 Å². The van der Waals surface area contributed by atoms with Gasteiger partial charge >= 0.3 is 66.7 Å². The van der Waals surface area contributed by atoms with Gasteiger partial charge in [-0.1, -0.05) is 0 Å². The van der Waals surface area contributed by atoms with Crippen molar-refractivity contribution in [1.29, 1.82) is 0 Å². The van der Waals surface area contributed by atoms with Crippen LogP contribution in [0.4, 0.5) is 0 Å². The summed E-state index contributed by atoms with van der Waals surface area (Å²) >= 11 is 0. The van der Waals surface area contributed by atoms with Crippen LogP contribution in [0.3, 0.4) is 0 Å². The van der Waals surface area contributed by atoms with Crippen LogP contribution in [-0.4, -0.2) is 53.7 Å². The first-order chi connectivity index (χ1) is 5.56. The van der Waals surface area contributed by atoms with Crippen molar-refractivity contribution in [3.8, 4) is 0 Å². The zero-order valence-corrected chi connectivity index (χ0v) is 16.6. The normalized spacial score (nSPS) is 14.3. The van der Waals surface area contributed by atoms with Crippen molar-refractivity contribution in [2.45, 2.75) is 11.5 Å². The molecule has 0 aliphatic rings. The Morgan fingerprint density at radius 1 is 0.950 bits per heavy atom. The molecule has 13 nitrogen and oxygen atoms in total. The van der Waals surface area contributed by atoms with Crippen molar-refractivity contribution < 1.29 is 120 Å². The molecule has 0 aromatic heterocycles. The second-order valence-electron chi connectivity index (χ2n) is 2.35. The van der Waals surface area contributed by atoms with Crippen LogP contribution in [0.2, 0.25) is 0 Å². The third kappa shape index (κ3) is 12.6. The molecule has 0 saturated heterocycles. The van der Waals surface area contributed by atoms with Crippen LogP contribution in [0, 0.1) is 0 Å². The predicted molar refractivity (Wildman–Crippen MR) is 56.3 cm³/mol. The van der Waals surface area contributed by atoms with E-state index >= 15 is 0 Å². The Bertz CT molecular complexity index is 256. The molecule has 2 unspecified atom stereocenters. The number of hydrogen-bond donors (Lipinski definition) is 4. The summed E-state index contributed by atoms with van der Waals surface area (Å²) in [4.78, 5) is 35.6. The number of hydrogen-bond acceptors (Lipinski definition) is 5. The van der Waals surface area contributed by atoms with E-state index < -0.39 is 33.2 Å². The molecular formula is C3H19NNa2O12P2. The van der Waals surface area contributed by atoms with Crippen LogP contribution < -0.4 is 74.8 Å². The molecule has 2 atom stereocenters. The summed E-state index contributed by atoms with van der Waals surface area (Å²) in [5, 5.41) is 7.35. The summed E-state index contributed by atoms with van der Waals surface area (Å²) in [5.74, 6) is 0. The monoisotopic (exact) mass is 369 g/mol. The van der Waals surface area contributed by atoms with Gasteiger partial charge in [-0.3, -0.25) is 4.57 Å². The van der Waals surface area contributed by atoms with Crippen molar-refractivity contribution in [2.24, 2.45) is 5.73 Å². The molecule has 0 fully saturated rings. The zero-order chi connectivity index (χ0) is 10.9. The van der Waals surface area contributed by atoms with E-state index in [1.165, 1.54) is 0 Å². The van der Waals surface area contributed by atoms with Gasteiger partial charge in [-0.2, -0.15) is 0 Å². The Morgan fingerprint density at radius 3 is 1.25 bits per heavy atom. The second-order valence-corrected chi connectivity index (χ2v) is 6.27. The van der Waals surface area contributed by atoms with E-state index in [4.69, 9.17) is 20.4 Å². The third-order valence-corrected chi connectivity index (χ3v) is 5.15. The molecule has 0 aromatic carbocycles. The fourth-order valence-corrected chi connectivity index (χ4v) is 2.79. The molecule has 0 heterocycles. The molecule has 0 radical (unpaired) electrons. The predicted octanol–water partition coefficient (Wildman–Crippen LogP) is -13.0. The molecule has 0 amide bonds. The molecule has 17 heteroatoms. The van der Waals surface area contributed by atoms with E-state index in [0.29, 0.717) is 0 Å². The van der Waals surface area contributed by atoms with Crippen molar-refractivity contribution in [2.75, 3.05) is 6.54 Å². The SMILES string of the molecule is NCCC([O-])(P(=O)([O-])O)P(=O)(O)O.O.O.O.O.O.[Na+].[Na+]. The molecule has 0 aliphatic carbocycles. The Kier molecular flexibility index (Phi) is 43.0. The molecule has 0 saturated carbocycles. The molecule has 0 aromatic rings. The minimum atomic E-state index is -5.67. The van der Waals surface area contributed by atoms with Gasteiger partial charge in [0.2, 0.25) is 0 Å². The van der Waals surface area contributed by atoms with Crippen LogP contribution in [0.15, 0.2) is 0 Å². The van der Waals surface area contributed by atoms with Crippen molar-refractivity contribution >= 4 is 15.2 Å². The molecule has 15 N–H and O–H groups in total. The Morgan fingerprint density at radius 2 is 1.20 bits per heavy atom. The fraction of sp³-hybridized carbons (Fsp3) is 1.00. The molecule has 0 rings (SSSR count). The molecule has 0 bridgehead atoms. The molecular weight excluding hydrogens is 350 g/mol. The Hall–Kier alpha value is 2.02. The topological polar surface area (TPSA) is 324 Å². The van der Waals surface area contributed by atoms with Gasteiger partial charge in [0.1, 0.15) is 7.60 Å². The quantitative estimate of drug-likeness (QED) is 0.271. The average molecular weight is 369 g/mol. The number of nitrogens with two attached hydrogens (primary N) is 1. The zero-order valence-electron chi connectivity index (χ0n) is 10.9. The summed E-state index contributed by atoms with van der Waals surface area (Å²) in [6, 6.07) is 0. The number of rotatable bonds is 4. The first-order valence-corrected chi connectivity index (χ1v) is 6.25. The van der Waals surface area contributed by atoms with E-state index in [0.717, 1.165) is 0 Å². The van der Waals surface area contributed by atoms with E-state index in [1.807, 2.05) is 0 Å². The van der Waals surface area contributed by atoms with E-state index in [2.05, 4.69) is 0 Å². The summed E-state index contributed by atoms with van der Waals surface area (Å²) in [6.07, 6.45) is -1.05. The largest absolute Gasteiger partial charge is 1.00 e. The van der Waals surface area contributed by atoms with Crippen molar-refractivity contribution in [3.63, 3.8) is 0 Å². The van der Waals surface area contributed by atoms with Gasteiger partial charge < -0.3 is 62.4 Å². The first kappa shape index (κ1) is 49.5. The van der Waals surface area contributed by atoms with Crippen molar-refractivity contribution in [3.05, 3.63) is 0 Å². The van der Waals surface area contributed by atoms with Crippen LogP contribution in [-0.2, 0) is 9.13 Å². The van der Waals surface area contributed by atoms with Gasteiger partial charge in [0.15, 0.2) is 0 Å². The maximum absolute atomic E-state index is 11.1. The summed E-state index contributed by atoms with van der Waals surface area (Å²) in [6.45, 7) is -0.554. The summed E-state index contributed by atoms with van der Waals surface area (Å²) in [7, 11) is -11.2. The van der Waals surface area contributed by atoms with Gasteiger partial charge in [-0.15, -0.1) is 0 Å². The van der Waals surface area contributed by atoms with Gasteiger partial charge in [0.05, 0.1) is 5.08 Å². The van der Waals surface area contributed by atoms with Crippen LogP contribution in [0.5, 0.6) is 0 Å².